The lowest BCUT2D eigenvalue weighted by Crippen LogP contribution is -2.52. The molecule has 0 aromatic heterocycles. The maximum atomic E-state index is 2.59. The quantitative estimate of drug-likeness (QED) is 0.622. The summed E-state index contributed by atoms with van der Waals surface area (Å²) >= 11 is 0. The summed E-state index contributed by atoms with van der Waals surface area (Å²) in [6.45, 7) is 13.3. The molecule has 3 heteroatoms. The molecule has 76 valence electrons. The molecule has 2 rings (SSSR count). The normalized spacial score (nSPS) is 38.5. The van der Waals surface area contributed by atoms with E-state index < -0.39 is 0 Å². The van der Waals surface area contributed by atoms with Gasteiger partial charge in [-0.1, -0.05) is 13.8 Å². The van der Waals surface area contributed by atoms with Crippen LogP contribution >= 0.6 is 0 Å². The van der Waals surface area contributed by atoms with Crippen LogP contribution in [0.25, 0.3) is 0 Å². The van der Waals surface area contributed by atoms with E-state index in [0.29, 0.717) is 0 Å². The van der Waals surface area contributed by atoms with Crippen molar-refractivity contribution in [3.63, 3.8) is 0 Å². The third-order valence-corrected chi connectivity index (χ3v) is 3.40. The fourth-order valence-corrected chi connectivity index (χ4v) is 2.63. The van der Waals surface area contributed by atoms with Crippen LogP contribution in [-0.2, 0) is 0 Å². The first-order chi connectivity index (χ1) is 6.33. The summed E-state index contributed by atoms with van der Waals surface area (Å²) in [5, 5.41) is 0. The van der Waals surface area contributed by atoms with E-state index in [-0.39, 0.29) is 0 Å². The summed E-state index contributed by atoms with van der Waals surface area (Å²) in [6, 6.07) is 0.784. The zero-order chi connectivity index (χ0) is 9.26. The highest BCUT2D eigenvalue weighted by atomic mass is 15.4. The molecule has 0 aliphatic carbocycles. The Kier molecular flexibility index (Phi) is 2.86. The Morgan fingerprint density at radius 2 is 1.62 bits per heavy atom. The van der Waals surface area contributed by atoms with Crippen molar-refractivity contribution in [2.75, 3.05) is 45.9 Å². The molecule has 2 unspecified atom stereocenters. The second-order valence-corrected chi connectivity index (χ2v) is 4.17. The number of nitrogens with zero attached hydrogens (tertiary/aromatic N) is 3. The third-order valence-electron chi connectivity index (χ3n) is 3.40. The fourth-order valence-electron chi connectivity index (χ4n) is 2.63. The van der Waals surface area contributed by atoms with Gasteiger partial charge in [-0.15, -0.1) is 0 Å². The minimum atomic E-state index is 0.784. The van der Waals surface area contributed by atoms with E-state index in [9.17, 15) is 0 Å². The Balaban J connectivity index is 1.93. The zero-order valence-corrected chi connectivity index (χ0v) is 8.87. The van der Waals surface area contributed by atoms with Gasteiger partial charge in [0.15, 0.2) is 0 Å². The maximum absolute atomic E-state index is 2.59. The average molecular weight is 183 g/mol. The SMILES string of the molecule is CCN(CC)C1CN2CCN(C1)C2. The van der Waals surface area contributed by atoms with Gasteiger partial charge in [-0.25, -0.2) is 0 Å². The third kappa shape index (κ3) is 1.87. The lowest BCUT2D eigenvalue weighted by atomic mass is 10.2. The van der Waals surface area contributed by atoms with Crippen LogP contribution in [0.1, 0.15) is 13.8 Å². The van der Waals surface area contributed by atoms with Gasteiger partial charge in [0, 0.05) is 32.2 Å². The lowest BCUT2D eigenvalue weighted by Gasteiger charge is -2.38. The molecule has 0 spiro atoms. The molecule has 0 aromatic rings. The molecule has 2 aliphatic rings. The molecule has 0 radical (unpaired) electrons. The monoisotopic (exact) mass is 183 g/mol. The van der Waals surface area contributed by atoms with Gasteiger partial charge in [-0.05, 0) is 13.1 Å². The Morgan fingerprint density at radius 1 is 1.08 bits per heavy atom. The molecule has 2 heterocycles. The van der Waals surface area contributed by atoms with Crippen molar-refractivity contribution in [2.45, 2.75) is 19.9 Å². The van der Waals surface area contributed by atoms with Gasteiger partial charge in [0.2, 0.25) is 0 Å². The van der Waals surface area contributed by atoms with Crippen LogP contribution in [0, 0.1) is 0 Å². The minimum Gasteiger partial charge on any atom is -0.298 e. The van der Waals surface area contributed by atoms with Gasteiger partial charge in [-0.3, -0.25) is 14.7 Å². The molecule has 2 fully saturated rings. The molecule has 0 amide bonds. The Morgan fingerprint density at radius 3 is 2.08 bits per heavy atom. The Hall–Kier alpha value is -0.120. The Bertz CT molecular complexity index is 156. The molecule has 0 aromatic carbocycles. The molecule has 13 heavy (non-hydrogen) atoms. The van der Waals surface area contributed by atoms with Crippen LogP contribution in [-0.4, -0.2) is 66.7 Å². The summed E-state index contributed by atoms with van der Waals surface area (Å²) in [4.78, 5) is 7.74. The van der Waals surface area contributed by atoms with E-state index in [0.717, 1.165) is 6.04 Å². The first-order valence-electron chi connectivity index (χ1n) is 5.52. The standard InChI is InChI=1S/C10H21N3/c1-3-13(4-2)10-7-11-5-6-12(8-10)9-11/h10H,3-9H2,1-2H3. The lowest BCUT2D eigenvalue weighted by molar-refractivity contribution is 0.0799. The van der Waals surface area contributed by atoms with Gasteiger partial charge >= 0.3 is 0 Å². The van der Waals surface area contributed by atoms with Gasteiger partial charge in [0.1, 0.15) is 0 Å². The van der Waals surface area contributed by atoms with Crippen molar-refractivity contribution in [1.29, 1.82) is 0 Å². The van der Waals surface area contributed by atoms with Gasteiger partial charge in [-0.2, -0.15) is 0 Å². The predicted molar refractivity (Wildman–Crippen MR) is 54.7 cm³/mol. The van der Waals surface area contributed by atoms with Gasteiger partial charge < -0.3 is 0 Å². The molecule has 0 N–H and O–H groups in total. The zero-order valence-electron chi connectivity index (χ0n) is 8.87. The number of hydrogen-bond acceptors (Lipinski definition) is 3. The van der Waals surface area contributed by atoms with Crippen LogP contribution < -0.4 is 0 Å². The van der Waals surface area contributed by atoms with E-state index in [2.05, 4.69) is 28.5 Å². The maximum Gasteiger partial charge on any atom is 0.0508 e. The second kappa shape index (κ2) is 3.95. The molecule has 2 saturated heterocycles. The molecule has 3 nitrogen and oxygen atoms in total. The van der Waals surface area contributed by atoms with Crippen molar-refractivity contribution in [3.8, 4) is 0 Å². The van der Waals surface area contributed by atoms with Crippen LogP contribution in [0.2, 0.25) is 0 Å². The number of fused-ring (bicyclic) bond motifs is 2. The Labute approximate surface area is 81.3 Å². The van der Waals surface area contributed by atoms with Crippen molar-refractivity contribution in [2.24, 2.45) is 0 Å². The van der Waals surface area contributed by atoms with E-state index in [1.807, 2.05) is 0 Å². The molecular weight excluding hydrogens is 162 g/mol. The largest absolute Gasteiger partial charge is 0.298 e. The molecule has 2 atom stereocenters. The minimum absolute atomic E-state index is 0.784. The summed E-state index contributed by atoms with van der Waals surface area (Å²) in [5.41, 5.74) is 0. The van der Waals surface area contributed by atoms with Gasteiger partial charge in [0.05, 0.1) is 6.67 Å². The van der Waals surface area contributed by atoms with Crippen LogP contribution in [0.15, 0.2) is 0 Å². The first kappa shape index (κ1) is 9.44. The summed E-state index contributed by atoms with van der Waals surface area (Å²) < 4.78 is 0. The number of likely N-dealkylation sites (N-methyl/N-ethyl adjacent to an activating group) is 1. The average Bonchev–Trinajstić information content (AvgIpc) is 2.48. The van der Waals surface area contributed by atoms with Crippen molar-refractivity contribution in [1.82, 2.24) is 14.7 Å². The molecular formula is C10H21N3. The number of rotatable bonds is 3. The van der Waals surface area contributed by atoms with Crippen molar-refractivity contribution >= 4 is 0 Å². The molecule has 0 saturated carbocycles. The van der Waals surface area contributed by atoms with Crippen molar-refractivity contribution < 1.29 is 0 Å². The fraction of sp³-hybridized carbons (Fsp3) is 1.00. The summed E-state index contributed by atoms with van der Waals surface area (Å²) in [5.74, 6) is 0. The summed E-state index contributed by atoms with van der Waals surface area (Å²) in [7, 11) is 0. The first-order valence-corrected chi connectivity index (χ1v) is 5.52. The van der Waals surface area contributed by atoms with E-state index in [4.69, 9.17) is 0 Å². The second-order valence-electron chi connectivity index (χ2n) is 4.17. The molecule has 2 aliphatic heterocycles. The highest BCUT2D eigenvalue weighted by molar-refractivity contribution is 4.87. The topological polar surface area (TPSA) is 9.72 Å². The highest BCUT2D eigenvalue weighted by Gasteiger charge is 2.32. The molecule has 2 bridgehead atoms. The van der Waals surface area contributed by atoms with Crippen LogP contribution in [0.5, 0.6) is 0 Å². The van der Waals surface area contributed by atoms with Crippen molar-refractivity contribution in [3.05, 3.63) is 0 Å². The van der Waals surface area contributed by atoms with Crippen LogP contribution in [0.4, 0.5) is 0 Å². The van der Waals surface area contributed by atoms with Crippen LogP contribution in [0.3, 0.4) is 0 Å². The van der Waals surface area contributed by atoms with E-state index in [1.54, 1.807) is 0 Å². The predicted octanol–water partition coefficient (Wildman–Crippen LogP) is 0.286. The van der Waals surface area contributed by atoms with Gasteiger partial charge in [0.25, 0.3) is 0 Å². The van der Waals surface area contributed by atoms with E-state index in [1.165, 1.54) is 45.9 Å². The van der Waals surface area contributed by atoms with E-state index >= 15 is 0 Å². The summed E-state index contributed by atoms with van der Waals surface area (Å²) in [6.07, 6.45) is 0. The number of hydrogen-bond donors (Lipinski definition) is 0. The smallest absolute Gasteiger partial charge is 0.0508 e. The highest BCUT2D eigenvalue weighted by Crippen LogP contribution is 2.16.